The standard InChI is InChI=1S/C28H34N2O6S/c1-5-36-25-11-7-6-10-24(25)30(37(32,33)23-15-12-21(2)13-16-23)20-28(31)29-18-8-9-22-14-17-26(34-3)27(19-22)35-4/h6-7,10-17,19H,5,8-9,18,20H2,1-4H3,(H,29,31). The van der Waals surface area contributed by atoms with Crippen LogP contribution in [0.25, 0.3) is 0 Å². The van der Waals surface area contributed by atoms with E-state index >= 15 is 0 Å². The Balaban J connectivity index is 1.73. The quantitative estimate of drug-likeness (QED) is 0.333. The number of carbonyl (C=O) groups excluding carboxylic acids is 1. The molecule has 0 atom stereocenters. The summed E-state index contributed by atoms with van der Waals surface area (Å²) in [5, 5.41) is 2.85. The maximum absolute atomic E-state index is 13.6. The number of rotatable bonds is 13. The van der Waals surface area contributed by atoms with Gasteiger partial charge in [0, 0.05) is 6.54 Å². The Hall–Kier alpha value is -3.72. The van der Waals surface area contributed by atoms with E-state index in [0.29, 0.717) is 48.9 Å². The Morgan fingerprint density at radius 2 is 1.62 bits per heavy atom. The highest BCUT2D eigenvalue weighted by Gasteiger charge is 2.29. The molecule has 0 aliphatic carbocycles. The molecule has 37 heavy (non-hydrogen) atoms. The van der Waals surface area contributed by atoms with Gasteiger partial charge >= 0.3 is 0 Å². The summed E-state index contributed by atoms with van der Waals surface area (Å²) in [5.74, 6) is 1.28. The van der Waals surface area contributed by atoms with Crippen LogP contribution in [0, 0.1) is 6.92 Å². The van der Waals surface area contributed by atoms with Crippen molar-refractivity contribution in [1.82, 2.24) is 5.32 Å². The Kier molecular flexibility index (Phi) is 9.79. The number of nitrogens with one attached hydrogen (secondary N) is 1. The number of methoxy groups -OCH3 is 2. The molecule has 0 unspecified atom stereocenters. The average molecular weight is 527 g/mol. The first kappa shape index (κ1) is 27.9. The molecule has 0 aliphatic heterocycles. The third-order valence-corrected chi connectivity index (χ3v) is 7.52. The Bertz CT molecular complexity index is 1290. The largest absolute Gasteiger partial charge is 0.493 e. The number of benzene rings is 3. The van der Waals surface area contributed by atoms with Crippen LogP contribution < -0.4 is 23.8 Å². The van der Waals surface area contributed by atoms with E-state index in [-0.39, 0.29) is 11.4 Å². The second-order valence-electron chi connectivity index (χ2n) is 8.37. The Morgan fingerprint density at radius 1 is 0.919 bits per heavy atom. The molecule has 0 saturated heterocycles. The lowest BCUT2D eigenvalue weighted by Gasteiger charge is -2.26. The molecule has 1 N–H and O–H groups in total. The van der Waals surface area contributed by atoms with Gasteiger partial charge in [-0.1, -0.05) is 35.9 Å². The highest BCUT2D eigenvalue weighted by Crippen LogP contribution is 2.32. The number of amides is 1. The van der Waals surface area contributed by atoms with E-state index in [1.165, 1.54) is 0 Å². The van der Waals surface area contributed by atoms with Crippen LogP contribution >= 0.6 is 0 Å². The predicted octanol–water partition coefficient (Wildman–Crippen LogP) is 4.36. The van der Waals surface area contributed by atoms with Gasteiger partial charge in [-0.3, -0.25) is 9.10 Å². The molecule has 0 saturated carbocycles. The number of sulfonamides is 1. The van der Waals surface area contributed by atoms with Crippen LogP contribution in [0.2, 0.25) is 0 Å². The molecule has 0 aliphatic rings. The van der Waals surface area contributed by atoms with Crippen LogP contribution in [-0.4, -0.2) is 48.2 Å². The molecule has 3 aromatic carbocycles. The fourth-order valence-corrected chi connectivity index (χ4v) is 5.25. The monoisotopic (exact) mass is 526 g/mol. The smallest absolute Gasteiger partial charge is 0.264 e. The predicted molar refractivity (Wildman–Crippen MR) is 144 cm³/mol. The van der Waals surface area contributed by atoms with Gasteiger partial charge in [0.2, 0.25) is 5.91 Å². The summed E-state index contributed by atoms with van der Waals surface area (Å²) in [7, 11) is -0.857. The van der Waals surface area contributed by atoms with E-state index in [1.54, 1.807) is 62.8 Å². The summed E-state index contributed by atoms with van der Waals surface area (Å²) in [6, 6.07) is 19.1. The zero-order chi connectivity index (χ0) is 26.8. The number of hydrogen-bond donors (Lipinski definition) is 1. The average Bonchev–Trinajstić information content (AvgIpc) is 2.90. The van der Waals surface area contributed by atoms with Crippen molar-refractivity contribution in [3.8, 4) is 17.2 Å². The van der Waals surface area contributed by atoms with Crippen LogP contribution in [0.1, 0.15) is 24.5 Å². The zero-order valence-corrected chi connectivity index (χ0v) is 22.5. The molecule has 0 heterocycles. The number of para-hydroxylation sites is 2. The van der Waals surface area contributed by atoms with Crippen molar-refractivity contribution in [1.29, 1.82) is 0 Å². The molecule has 0 aromatic heterocycles. The zero-order valence-electron chi connectivity index (χ0n) is 21.7. The molecule has 198 valence electrons. The second kappa shape index (κ2) is 13.0. The number of carbonyl (C=O) groups is 1. The first-order chi connectivity index (χ1) is 17.8. The van der Waals surface area contributed by atoms with Gasteiger partial charge in [-0.25, -0.2) is 8.42 Å². The van der Waals surface area contributed by atoms with Gasteiger partial charge < -0.3 is 19.5 Å². The van der Waals surface area contributed by atoms with Gasteiger partial charge in [0.05, 0.1) is 31.4 Å². The summed E-state index contributed by atoms with van der Waals surface area (Å²) < 4.78 is 44.7. The third kappa shape index (κ3) is 7.16. The molecule has 1 amide bonds. The molecule has 3 rings (SSSR count). The van der Waals surface area contributed by atoms with Crippen molar-refractivity contribution in [2.75, 3.05) is 38.2 Å². The summed E-state index contributed by atoms with van der Waals surface area (Å²) in [4.78, 5) is 13.0. The maximum atomic E-state index is 13.6. The molecule has 0 fully saturated rings. The molecule has 0 bridgehead atoms. The van der Waals surface area contributed by atoms with Crippen molar-refractivity contribution in [3.05, 3.63) is 77.9 Å². The Morgan fingerprint density at radius 3 is 2.30 bits per heavy atom. The number of ether oxygens (including phenoxy) is 3. The van der Waals surface area contributed by atoms with Crippen LogP contribution in [-0.2, 0) is 21.2 Å². The highest BCUT2D eigenvalue weighted by molar-refractivity contribution is 7.92. The first-order valence-electron chi connectivity index (χ1n) is 12.1. The molecule has 3 aromatic rings. The van der Waals surface area contributed by atoms with Gasteiger partial charge in [0.1, 0.15) is 12.3 Å². The molecular formula is C28H34N2O6S. The topological polar surface area (TPSA) is 94.2 Å². The minimum absolute atomic E-state index is 0.102. The SMILES string of the molecule is CCOc1ccccc1N(CC(=O)NCCCc1ccc(OC)c(OC)c1)S(=O)(=O)c1ccc(C)cc1. The van der Waals surface area contributed by atoms with Crippen LogP contribution in [0.3, 0.4) is 0 Å². The first-order valence-corrected chi connectivity index (χ1v) is 13.5. The van der Waals surface area contributed by atoms with E-state index in [0.717, 1.165) is 15.4 Å². The van der Waals surface area contributed by atoms with Gasteiger partial charge in [0.25, 0.3) is 10.0 Å². The summed E-state index contributed by atoms with van der Waals surface area (Å²) in [6.45, 7) is 4.07. The summed E-state index contributed by atoms with van der Waals surface area (Å²) in [6.07, 6.45) is 1.38. The minimum atomic E-state index is -4.03. The summed E-state index contributed by atoms with van der Waals surface area (Å²) >= 11 is 0. The van der Waals surface area contributed by atoms with Gasteiger partial charge in [-0.2, -0.15) is 0 Å². The fraction of sp³-hybridized carbons (Fsp3) is 0.321. The van der Waals surface area contributed by atoms with Gasteiger partial charge in [0.15, 0.2) is 11.5 Å². The second-order valence-corrected chi connectivity index (χ2v) is 10.2. The van der Waals surface area contributed by atoms with E-state index in [9.17, 15) is 13.2 Å². The van der Waals surface area contributed by atoms with Crippen molar-refractivity contribution < 1.29 is 27.4 Å². The van der Waals surface area contributed by atoms with Crippen LogP contribution in [0.4, 0.5) is 5.69 Å². The lowest BCUT2D eigenvalue weighted by molar-refractivity contribution is -0.119. The number of anilines is 1. The van der Waals surface area contributed by atoms with Crippen molar-refractivity contribution in [2.45, 2.75) is 31.6 Å². The summed E-state index contributed by atoms with van der Waals surface area (Å²) in [5.41, 5.74) is 2.29. The van der Waals surface area contributed by atoms with E-state index in [4.69, 9.17) is 14.2 Å². The van der Waals surface area contributed by atoms with Crippen molar-refractivity contribution in [2.24, 2.45) is 0 Å². The van der Waals surface area contributed by atoms with Crippen LogP contribution in [0.15, 0.2) is 71.6 Å². The van der Waals surface area contributed by atoms with E-state index < -0.39 is 15.9 Å². The lowest BCUT2D eigenvalue weighted by Crippen LogP contribution is -2.41. The van der Waals surface area contributed by atoms with E-state index in [2.05, 4.69) is 5.32 Å². The molecule has 0 radical (unpaired) electrons. The Labute approximate surface area is 219 Å². The highest BCUT2D eigenvalue weighted by atomic mass is 32.2. The molecule has 8 nitrogen and oxygen atoms in total. The van der Waals surface area contributed by atoms with Crippen LogP contribution in [0.5, 0.6) is 17.2 Å². The molecular weight excluding hydrogens is 492 g/mol. The fourth-order valence-electron chi connectivity index (χ4n) is 3.82. The lowest BCUT2D eigenvalue weighted by atomic mass is 10.1. The number of hydrogen-bond acceptors (Lipinski definition) is 6. The van der Waals surface area contributed by atoms with Crippen molar-refractivity contribution in [3.63, 3.8) is 0 Å². The van der Waals surface area contributed by atoms with Gasteiger partial charge in [-0.15, -0.1) is 0 Å². The normalized spacial score (nSPS) is 11.0. The van der Waals surface area contributed by atoms with E-state index in [1.807, 2.05) is 32.0 Å². The third-order valence-electron chi connectivity index (χ3n) is 5.74. The number of aryl methyl sites for hydroxylation is 2. The maximum Gasteiger partial charge on any atom is 0.264 e. The van der Waals surface area contributed by atoms with Crippen molar-refractivity contribution >= 4 is 21.6 Å². The number of nitrogens with zero attached hydrogens (tertiary/aromatic N) is 1. The molecule has 9 heteroatoms. The van der Waals surface area contributed by atoms with Gasteiger partial charge in [-0.05, 0) is 68.7 Å². The minimum Gasteiger partial charge on any atom is -0.493 e. The molecule has 0 spiro atoms.